The topological polar surface area (TPSA) is 95.9 Å². The van der Waals surface area contributed by atoms with Gasteiger partial charge in [-0.15, -0.1) is 0 Å². The minimum Gasteiger partial charge on any atom is -0.492 e. The lowest BCUT2D eigenvalue weighted by molar-refractivity contribution is -0.137. The molecule has 0 radical (unpaired) electrons. The molecule has 0 spiro atoms. The third-order valence-corrected chi connectivity index (χ3v) is 6.67. The number of ketones is 1. The van der Waals surface area contributed by atoms with E-state index in [4.69, 9.17) is 4.74 Å². The Morgan fingerprint density at radius 1 is 0.905 bits per heavy atom. The number of para-hydroxylation sites is 1. The van der Waals surface area contributed by atoms with Crippen LogP contribution in [0.2, 0.25) is 0 Å². The molecule has 0 aromatic heterocycles. The number of amides is 1. The summed E-state index contributed by atoms with van der Waals surface area (Å²) in [5, 5.41) is 13.0. The molecule has 4 aromatic carbocycles. The number of carboxylic acid groups (broad SMARTS) is 1. The molecule has 8 heteroatoms. The van der Waals surface area contributed by atoms with Crippen molar-refractivity contribution in [1.82, 2.24) is 0 Å². The molecule has 216 valence electrons. The van der Waals surface area contributed by atoms with E-state index < -0.39 is 17.8 Å². The number of carboxylic acids is 1. The maximum atomic E-state index is 13.8. The number of halogens is 1. The molecule has 0 saturated carbocycles. The van der Waals surface area contributed by atoms with E-state index in [9.17, 15) is 23.9 Å². The zero-order valence-electron chi connectivity index (χ0n) is 23.3. The van der Waals surface area contributed by atoms with Crippen LogP contribution in [0, 0.1) is 5.82 Å². The number of nitrogens with zero attached hydrogens (tertiary/aromatic N) is 1. The SMILES string of the molecule is CCCC(=O)N(CCOc1ccc(CC(Nc2ccccc2C(=O)c2ccccc2)C(=O)O)cc1)c1cccc(F)c1. The van der Waals surface area contributed by atoms with Crippen LogP contribution in [0.15, 0.2) is 103 Å². The molecule has 0 heterocycles. The van der Waals surface area contributed by atoms with Crippen molar-refractivity contribution in [2.45, 2.75) is 32.2 Å². The summed E-state index contributed by atoms with van der Waals surface area (Å²) < 4.78 is 19.6. The fraction of sp³-hybridized carbons (Fsp3) is 0.206. The number of anilines is 2. The van der Waals surface area contributed by atoms with Gasteiger partial charge in [-0.2, -0.15) is 0 Å². The van der Waals surface area contributed by atoms with Crippen molar-refractivity contribution < 1.29 is 28.6 Å². The second-order valence-electron chi connectivity index (χ2n) is 9.75. The maximum Gasteiger partial charge on any atom is 0.326 e. The Balaban J connectivity index is 1.39. The van der Waals surface area contributed by atoms with E-state index in [1.54, 1.807) is 84.9 Å². The van der Waals surface area contributed by atoms with Gasteiger partial charge in [-0.3, -0.25) is 9.59 Å². The van der Waals surface area contributed by atoms with Gasteiger partial charge in [-0.25, -0.2) is 9.18 Å². The number of benzene rings is 4. The first-order chi connectivity index (χ1) is 20.4. The van der Waals surface area contributed by atoms with E-state index in [0.717, 1.165) is 5.56 Å². The normalized spacial score (nSPS) is 11.4. The van der Waals surface area contributed by atoms with Crippen LogP contribution >= 0.6 is 0 Å². The van der Waals surface area contributed by atoms with Crippen molar-refractivity contribution in [2.75, 3.05) is 23.4 Å². The Kier molecular flexibility index (Phi) is 10.4. The number of hydrogen-bond donors (Lipinski definition) is 2. The van der Waals surface area contributed by atoms with Crippen molar-refractivity contribution in [3.05, 3.63) is 126 Å². The molecule has 1 amide bonds. The number of aliphatic carboxylic acids is 1. The first-order valence-electron chi connectivity index (χ1n) is 13.8. The molecule has 2 N–H and O–H groups in total. The smallest absolute Gasteiger partial charge is 0.326 e. The summed E-state index contributed by atoms with van der Waals surface area (Å²) in [6.45, 7) is 2.35. The van der Waals surface area contributed by atoms with Crippen molar-refractivity contribution in [3.8, 4) is 5.75 Å². The molecule has 7 nitrogen and oxygen atoms in total. The molecule has 0 aliphatic rings. The number of nitrogens with one attached hydrogen (secondary N) is 1. The fourth-order valence-electron chi connectivity index (χ4n) is 4.54. The zero-order chi connectivity index (χ0) is 29.9. The summed E-state index contributed by atoms with van der Waals surface area (Å²) in [6, 6.07) is 27.7. The summed E-state index contributed by atoms with van der Waals surface area (Å²) in [6.07, 6.45) is 1.19. The van der Waals surface area contributed by atoms with E-state index in [1.165, 1.54) is 17.0 Å². The van der Waals surface area contributed by atoms with Gasteiger partial charge in [0.25, 0.3) is 0 Å². The zero-order valence-corrected chi connectivity index (χ0v) is 23.3. The lowest BCUT2D eigenvalue weighted by Crippen LogP contribution is -2.34. The average molecular weight is 569 g/mol. The fourth-order valence-corrected chi connectivity index (χ4v) is 4.54. The van der Waals surface area contributed by atoms with Crippen LogP contribution in [-0.2, 0) is 16.0 Å². The molecular weight excluding hydrogens is 535 g/mol. The van der Waals surface area contributed by atoms with E-state index in [2.05, 4.69) is 5.32 Å². The van der Waals surface area contributed by atoms with Crippen LogP contribution < -0.4 is 15.0 Å². The standard InChI is InChI=1S/C34H33FN2O5/c1-2-9-32(38)37(27-13-8-12-26(35)23-27)20-21-42-28-18-16-24(17-19-28)22-31(34(40)41)36-30-15-7-6-14-29(30)33(39)25-10-4-3-5-11-25/h3-8,10-19,23,31,36H,2,9,20-22H2,1H3,(H,40,41). The monoisotopic (exact) mass is 568 g/mol. The Morgan fingerprint density at radius 2 is 1.62 bits per heavy atom. The second kappa shape index (κ2) is 14.6. The van der Waals surface area contributed by atoms with Crippen LogP contribution in [0.1, 0.15) is 41.3 Å². The third-order valence-electron chi connectivity index (χ3n) is 6.67. The molecule has 0 saturated heterocycles. The number of hydrogen-bond acceptors (Lipinski definition) is 5. The van der Waals surface area contributed by atoms with Crippen molar-refractivity contribution >= 4 is 29.0 Å². The van der Waals surface area contributed by atoms with Crippen LogP contribution in [0.3, 0.4) is 0 Å². The van der Waals surface area contributed by atoms with E-state index in [-0.39, 0.29) is 31.3 Å². The molecule has 0 aliphatic carbocycles. The number of ether oxygens (including phenoxy) is 1. The number of carbonyl (C=O) groups is 3. The predicted molar refractivity (Wildman–Crippen MR) is 161 cm³/mol. The maximum absolute atomic E-state index is 13.8. The van der Waals surface area contributed by atoms with Gasteiger partial charge in [0.05, 0.1) is 6.54 Å². The summed E-state index contributed by atoms with van der Waals surface area (Å²) in [7, 11) is 0. The highest BCUT2D eigenvalue weighted by molar-refractivity contribution is 6.12. The van der Waals surface area contributed by atoms with Crippen molar-refractivity contribution in [2.24, 2.45) is 0 Å². The average Bonchev–Trinajstić information content (AvgIpc) is 3.00. The molecule has 42 heavy (non-hydrogen) atoms. The second-order valence-corrected chi connectivity index (χ2v) is 9.75. The van der Waals surface area contributed by atoms with Gasteiger partial charge in [0, 0.05) is 35.3 Å². The van der Waals surface area contributed by atoms with Crippen LogP contribution in [0.4, 0.5) is 15.8 Å². The van der Waals surface area contributed by atoms with Crippen LogP contribution in [-0.4, -0.2) is 42.0 Å². The molecule has 0 fully saturated rings. The highest BCUT2D eigenvalue weighted by atomic mass is 19.1. The summed E-state index contributed by atoms with van der Waals surface area (Å²) in [5.74, 6) is -1.22. The van der Waals surface area contributed by atoms with Crippen LogP contribution in [0.5, 0.6) is 5.75 Å². The molecular formula is C34H33FN2O5. The first kappa shape index (κ1) is 30.0. The summed E-state index contributed by atoms with van der Waals surface area (Å²) in [4.78, 5) is 39.4. The number of rotatable bonds is 14. The highest BCUT2D eigenvalue weighted by Crippen LogP contribution is 2.22. The molecule has 4 rings (SSSR count). The Bertz CT molecular complexity index is 1510. The summed E-state index contributed by atoms with van der Waals surface area (Å²) in [5.41, 5.74) is 2.59. The highest BCUT2D eigenvalue weighted by Gasteiger charge is 2.21. The van der Waals surface area contributed by atoms with Crippen molar-refractivity contribution in [3.63, 3.8) is 0 Å². The van der Waals surface area contributed by atoms with Gasteiger partial charge < -0.3 is 20.1 Å². The van der Waals surface area contributed by atoms with Gasteiger partial charge in [0.2, 0.25) is 5.91 Å². The van der Waals surface area contributed by atoms with Crippen molar-refractivity contribution in [1.29, 1.82) is 0 Å². The first-order valence-corrected chi connectivity index (χ1v) is 13.8. The molecule has 1 atom stereocenters. The summed E-state index contributed by atoms with van der Waals surface area (Å²) >= 11 is 0. The largest absolute Gasteiger partial charge is 0.492 e. The lowest BCUT2D eigenvalue weighted by atomic mass is 10.00. The van der Waals surface area contributed by atoms with Gasteiger partial charge in [0.1, 0.15) is 24.2 Å². The molecule has 1 unspecified atom stereocenters. The quantitative estimate of drug-likeness (QED) is 0.172. The third kappa shape index (κ3) is 8.04. The Hall–Kier alpha value is -4.98. The van der Waals surface area contributed by atoms with Gasteiger partial charge in [0.15, 0.2) is 5.78 Å². The van der Waals surface area contributed by atoms with E-state index >= 15 is 0 Å². The molecule has 0 aliphatic heterocycles. The Morgan fingerprint density at radius 3 is 2.31 bits per heavy atom. The van der Waals surface area contributed by atoms with Gasteiger partial charge in [-0.05, 0) is 54.4 Å². The minimum absolute atomic E-state index is 0.110. The lowest BCUT2D eigenvalue weighted by Gasteiger charge is -2.23. The van der Waals surface area contributed by atoms with Gasteiger partial charge >= 0.3 is 5.97 Å². The van der Waals surface area contributed by atoms with E-state index in [1.807, 2.05) is 13.0 Å². The number of carbonyl (C=O) groups excluding carboxylic acids is 2. The predicted octanol–water partition coefficient (Wildman–Crippen LogP) is 6.38. The minimum atomic E-state index is -1.05. The molecule has 4 aromatic rings. The van der Waals surface area contributed by atoms with Gasteiger partial charge in [-0.1, -0.05) is 67.6 Å². The van der Waals surface area contributed by atoms with E-state index in [0.29, 0.717) is 41.1 Å². The van der Waals surface area contributed by atoms with Crippen LogP contribution in [0.25, 0.3) is 0 Å². The molecule has 0 bridgehead atoms. The Labute approximate surface area is 244 Å².